The van der Waals surface area contributed by atoms with Gasteiger partial charge in [-0.3, -0.25) is 4.79 Å². The van der Waals surface area contributed by atoms with Crippen LogP contribution in [0.1, 0.15) is 24.0 Å². The summed E-state index contributed by atoms with van der Waals surface area (Å²) in [6, 6.07) is 3.74. The molecule has 4 heteroatoms. The van der Waals surface area contributed by atoms with Crippen molar-refractivity contribution in [2.24, 2.45) is 0 Å². The molecule has 0 bridgehead atoms. The van der Waals surface area contributed by atoms with E-state index in [4.69, 9.17) is 5.73 Å². The lowest BCUT2D eigenvalue weighted by atomic mass is 9.91. The third-order valence-corrected chi connectivity index (χ3v) is 3.22. The number of hydrogen-bond acceptors (Lipinski definition) is 3. The summed E-state index contributed by atoms with van der Waals surface area (Å²) >= 11 is 0. The van der Waals surface area contributed by atoms with Gasteiger partial charge in [0, 0.05) is 10.9 Å². The van der Waals surface area contributed by atoms with E-state index in [1.54, 1.807) is 6.07 Å². The van der Waals surface area contributed by atoms with Crippen LogP contribution in [-0.4, -0.2) is 9.97 Å². The molecular formula is C12H13N3O. The average molecular weight is 215 g/mol. The summed E-state index contributed by atoms with van der Waals surface area (Å²) in [7, 11) is 0. The van der Waals surface area contributed by atoms with Gasteiger partial charge in [0.05, 0.1) is 0 Å². The van der Waals surface area contributed by atoms with Crippen LogP contribution in [0.15, 0.2) is 16.9 Å². The van der Waals surface area contributed by atoms with Crippen molar-refractivity contribution in [3.8, 4) is 0 Å². The lowest BCUT2D eigenvalue weighted by Gasteiger charge is -2.16. The number of hydrogen-bond donors (Lipinski definition) is 2. The van der Waals surface area contributed by atoms with Crippen molar-refractivity contribution in [1.82, 2.24) is 9.97 Å². The standard InChI is InChI=1S/C12H13N3O/c13-10-6-5-8-7-3-1-2-4-9(7)12(16)15-11(8)14-10/h5-6H,1-4H2,(H3,13,14,15,16). The Balaban J connectivity index is 2.42. The van der Waals surface area contributed by atoms with Gasteiger partial charge in [-0.05, 0) is 43.4 Å². The van der Waals surface area contributed by atoms with E-state index in [2.05, 4.69) is 9.97 Å². The first kappa shape index (κ1) is 9.39. The number of nitrogens with two attached hydrogens (primary N) is 1. The van der Waals surface area contributed by atoms with Crippen molar-refractivity contribution in [2.45, 2.75) is 25.7 Å². The average Bonchev–Trinajstić information content (AvgIpc) is 2.29. The van der Waals surface area contributed by atoms with Gasteiger partial charge in [0.2, 0.25) is 0 Å². The quantitative estimate of drug-likeness (QED) is 0.697. The molecule has 0 amide bonds. The molecule has 0 fully saturated rings. The van der Waals surface area contributed by atoms with Crippen LogP contribution in [0.5, 0.6) is 0 Å². The Hall–Kier alpha value is -1.84. The highest BCUT2D eigenvalue weighted by Crippen LogP contribution is 2.24. The smallest absolute Gasteiger partial charge is 0.253 e. The molecule has 2 aromatic heterocycles. The number of pyridine rings is 2. The van der Waals surface area contributed by atoms with Crippen molar-refractivity contribution in [2.75, 3.05) is 5.73 Å². The van der Waals surface area contributed by atoms with Gasteiger partial charge in [0.15, 0.2) is 0 Å². The SMILES string of the molecule is Nc1ccc2c3c(c(=O)[nH]c2n1)CCCC3. The van der Waals surface area contributed by atoms with E-state index in [0.717, 1.165) is 42.2 Å². The highest BCUT2D eigenvalue weighted by Gasteiger charge is 2.16. The molecular weight excluding hydrogens is 202 g/mol. The fourth-order valence-electron chi connectivity index (χ4n) is 2.45. The van der Waals surface area contributed by atoms with Gasteiger partial charge in [0.1, 0.15) is 11.5 Å². The summed E-state index contributed by atoms with van der Waals surface area (Å²) in [5.74, 6) is 0.443. The molecule has 82 valence electrons. The van der Waals surface area contributed by atoms with Crippen molar-refractivity contribution in [1.29, 1.82) is 0 Å². The highest BCUT2D eigenvalue weighted by molar-refractivity contribution is 5.81. The number of H-pyrrole nitrogens is 1. The summed E-state index contributed by atoms with van der Waals surface area (Å²) in [6.45, 7) is 0. The van der Waals surface area contributed by atoms with Gasteiger partial charge in [-0.2, -0.15) is 0 Å². The van der Waals surface area contributed by atoms with Gasteiger partial charge in [0.25, 0.3) is 5.56 Å². The van der Waals surface area contributed by atoms with Crippen LogP contribution >= 0.6 is 0 Å². The second-order valence-electron chi connectivity index (χ2n) is 4.25. The molecule has 0 spiro atoms. The van der Waals surface area contributed by atoms with Gasteiger partial charge in [-0.15, -0.1) is 0 Å². The van der Waals surface area contributed by atoms with E-state index < -0.39 is 0 Å². The molecule has 1 aliphatic carbocycles. The van der Waals surface area contributed by atoms with Crippen LogP contribution in [-0.2, 0) is 12.8 Å². The minimum Gasteiger partial charge on any atom is -0.384 e. The second-order valence-corrected chi connectivity index (χ2v) is 4.25. The number of aromatic amines is 1. The predicted octanol–water partition coefficient (Wildman–Crippen LogP) is 1.38. The van der Waals surface area contributed by atoms with E-state index in [9.17, 15) is 4.79 Å². The van der Waals surface area contributed by atoms with Crippen LogP contribution in [0, 0.1) is 0 Å². The molecule has 16 heavy (non-hydrogen) atoms. The Morgan fingerprint density at radius 2 is 1.94 bits per heavy atom. The number of rotatable bonds is 0. The van der Waals surface area contributed by atoms with E-state index in [-0.39, 0.29) is 5.56 Å². The number of nitrogen functional groups attached to an aromatic ring is 1. The maximum absolute atomic E-state index is 11.9. The normalized spacial score (nSPS) is 15.0. The molecule has 0 aromatic carbocycles. The number of nitrogens with one attached hydrogen (secondary N) is 1. The van der Waals surface area contributed by atoms with E-state index in [1.807, 2.05) is 6.07 Å². The first-order chi connectivity index (χ1) is 7.75. The van der Waals surface area contributed by atoms with Crippen molar-refractivity contribution in [3.05, 3.63) is 33.6 Å². The number of aromatic nitrogens is 2. The number of aryl methyl sites for hydroxylation is 1. The fourth-order valence-corrected chi connectivity index (χ4v) is 2.45. The summed E-state index contributed by atoms with van der Waals surface area (Å²) in [6.07, 6.45) is 4.10. The topological polar surface area (TPSA) is 71.8 Å². The summed E-state index contributed by atoms with van der Waals surface area (Å²) < 4.78 is 0. The van der Waals surface area contributed by atoms with Crippen LogP contribution in [0.4, 0.5) is 5.82 Å². The molecule has 2 heterocycles. The molecule has 3 rings (SSSR count). The van der Waals surface area contributed by atoms with E-state index in [0.29, 0.717) is 11.5 Å². The predicted molar refractivity (Wildman–Crippen MR) is 63.4 cm³/mol. The largest absolute Gasteiger partial charge is 0.384 e. The molecule has 0 saturated heterocycles. The minimum atomic E-state index is 0.000278. The van der Waals surface area contributed by atoms with Crippen molar-refractivity contribution >= 4 is 16.9 Å². The Bertz CT molecular complexity index is 615. The summed E-state index contributed by atoms with van der Waals surface area (Å²) in [5, 5.41) is 1.04. The molecule has 0 radical (unpaired) electrons. The lowest BCUT2D eigenvalue weighted by molar-refractivity contribution is 0.682. The van der Waals surface area contributed by atoms with E-state index in [1.165, 1.54) is 0 Å². The van der Waals surface area contributed by atoms with Gasteiger partial charge in [-0.1, -0.05) is 0 Å². The maximum Gasteiger partial charge on any atom is 0.253 e. The minimum absolute atomic E-state index is 0.000278. The molecule has 0 unspecified atom stereocenters. The highest BCUT2D eigenvalue weighted by atomic mass is 16.1. The second kappa shape index (κ2) is 3.33. The van der Waals surface area contributed by atoms with Gasteiger partial charge < -0.3 is 10.7 Å². The maximum atomic E-state index is 11.9. The van der Waals surface area contributed by atoms with Crippen molar-refractivity contribution in [3.63, 3.8) is 0 Å². The van der Waals surface area contributed by atoms with Crippen LogP contribution in [0.2, 0.25) is 0 Å². The Labute approximate surface area is 92.5 Å². The molecule has 3 N–H and O–H groups in total. The van der Waals surface area contributed by atoms with E-state index >= 15 is 0 Å². The van der Waals surface area contributed by atoms with Crippen molar-refractivity contribution < 1.29 is 0 Å². The van der Waals surface area contributed by atoms with Crippen LogP contribution in [0.25, 0.3) is 11.0 Å². The van der Waals surface area contributed by atoms with Gasteiger partial charge >= 0.3 is 0 Å². The molecule has 4 nitrogen and oxygen atoms in total. The zero-order valence-electron chi connectivity index (χ0n) is 8.92. The Morgan fingerprint density at radius 1 is 1.19 bits per heavy atom. The fraction of sp³-hybridized carbons (Fsp3) is 0.333. The lowest BCUT2D eigenvalue weighted by Crippen LogP contribution is -2.19. The zero-order valence-corrected chi connectivity index (χ0v) is 8.92. The number of fused-ring (bicyclic) bond motifs is 3. The summed E-state index contributed by atoms with van der Waals surface area (Å²) in [4.78, 5) is 18.8. The first-order valence-electron chi connectivity index (χ1n) is 5.56. The third kappa shape index (κ3) is 1.30. The molecule has 0 aliphatic heterocycles. The van der Waals surface area contributed by atoms with Crippen LogP contribution < -0.4 is 11.3 Å². The van der Waals surface area contributed by atoms with Crippen LogP contribution in [0.3, 0.4) is 0 Å². The molecule has 2 aromatic rings. The Morgan fingerprint density at radius 3 is 2.75 bits per heavy atom. The Kier molecular flexibility index (Phi) is 1.96. The monoisotopic (exact) mass is 215 g/mol. The first-order valence-corrected chi connectivity index (χ1v) is 5.56. The molecule has 1 aliphatic rings. The van der Waals surface area contributed by atoms with Gasteiger partial charge in [-0.25, -0.2) is 4.98 Å². The zero-order chi connectivity index (χ0) is 11.1. The third-order valence-electron chi connectivity index (χ3n) is 3.22. The molecule has 0 atom stereocenters. The molecule has 0 saturated carbocycles. The number of anilines is 1. The number of nitrogens with zero attached hydrogens (tertiary/aromatic N) is 1. The summed E-state index contributed by atoms with van der Waals surface area (Å²) in [5.41, 5.74) is 8.33.